The summed E-state index contributed by atoms with van der Waals surface area (Å²) in [5.74, 6) is -0.102. The topological polar surface area (TPSA) is 113 Å². The maximum absolute atomic E-state index is 12.1. The van der Waals surface area contributed by atoms with E-state index in [0.717, 1.165) is 40.8 Å². The molecule has 0 bridgehead atoms. The molecule has 0 radical (unpaired) electrons. The SMILES string of the molecule is N#CCC(=O)N1CCC[C@@H](Nc2c(-c3cnc[nH]3)cnc3[nH]ccc23)C1. The molecule has 8 nitrogen and oxygen atoms in total. The highest BCUT2D eigenvalue weighted by Gasteiger charge is 2.25. The van der Waals surface area contributed by atoms with E-state index in [2.05, 4.69) is 25.3 Å². The van der Waals surface area contributed by atoms with Crippen molar-refractivity contribution in [3.8, 4) is 17.3 Å². The van der Waals surface area contributed by atoms with E-state index in [1.54, 1.807) is 17.4 Å². The van der Waals surface area contributed by atoms with Crippen LogP contribution in [0.1, 0.15) is 19.3 Å². The number of anilines is 1. The average molecular weight is 349 g/mol. The van der Waals surface area contributed by atoms with Crippen molar-refractivity contribution in [2.75, 3.05) is 18.4 Å². The van der Waals surface area contributed by atoms with Crippen LogP contribution in [-0.2, 0) is 4.79 Å². The predicted molar refractivity (Wildman–Crippen MR) is 97.1 cm³/mol. The van der Waals surface area contributed by atoms with E-state index in [9.17, 15) is 4.79 Å². The van der Waals surface area contributed by atoms with Gasteiger partial charge in [-0.3, -0.25) is 4.79 Å². The molecular weight excluding hydrogens is 330 g/mol. The third kappa shape index (κ3) is 2.99. The van der Waals surface area contributed by atoms with E-state index >= 15 is 0 Å². The van der Waals surface area contributed by atoms with Gasteiger partial charge in [-0.05, 0) is 18.9 Å². The standard InChI is InChI=1S/C18H19N7O/c19-5-3-16(26)25-7-1-2-12(10-25)24-17-13-4-6-21-18(13)22-8-14(17)15-9-20-11-23-15/h4,6,8-9,11-12H,1-3,7,10H2,(H,20,23)(H2,21,22,24)/t12-/m1/s1. The molecule has 0 saturated carbocycles. The zero-order valence-electron chi connectivity index (χ0n) is 14.2. The number of carbonyl (C=O) groups excluding carboxylic acids is 1. The Balaban J connectivity index is 1.64. The van der Waals surface area contributed by atoms with Crippen LogP contribution in [-0.4, -0.2) is 49.9 Å². The molecule has 0 aliphatic carbocycles. The van der Waals surface area contributed by atoms with E-state index in [1.807, 2.05) is 24.5 Å². The maximum atomic E-state index is 12.1. The number of nitriles is 1. The number of fused-ring (bicyclic) bond motifs is 1. The summed E-state index contributed by atoms with van der Waals surface area (Å²) in [6.45, 7) is 1.30. The molecule has 1 saturated heterocycles. The Labute approximate surface area is 150 Å². The quantitative estimate of drug-likeness (QED) is 0.668. The number of likely N-dealkylation sites (tertiary alicyclic amines) is 1. The summed E-state index contributed by atoms with van der Waals surface area (Å²) in [6.07, 6.45) is 8.90. The molecule has 1 amide bonds. The van der Waals surface area contributed by atoms with Crippen LogP contribution in [0.3, 0.4) is 0 Å². The fourth-order valence-corrected chi connectivity index (χ4v) is 3.48. The summed E-state index contributed by atoms with van der Waals surface area (Å²) in [5, 5.41) is 13.4. The van der Waals surface area contributed by atoms with Crippen LogP contribution in [0.2, 0.25) is 0 Å². The first-order valence-electron chi connectivity index (χ1n) is 8.62. The molecule has 1 atom stereocenters. The second kappa shape index (κ2) is 6.88. The fourth-order valence-electron chi connectivity index (χ4n) is 3.48. The second-order valence-corrected chi connectivity index (χ2v) is 6.41. The fraction of sp³-hybridized carbons (Fsp3) is 0.333. The van der Waals surface area contributed by atoms with Crippen LogP contribution >= 0.6 is 0 Å². The first-order chi connectivity index (χ1) is 12.8. The van der Waals surface area contributed by atoms with Crippen LogP contribution in [0.5, 0.6) is 0 Å². The van der Waals surface area contributed by atoms with Crippen LogP contribution < -0.4 is 5.32 Å². The minimum absolute atomic E-state index is 0.0660. The molecule has 8 heteroatoms. The van der Waals surface area contributed by atoms with E-state index in [0.29, 0.717) is 13.1 Å². The van der Waals surface area contributed by atoms with Gasteiger partial charge in [0.1, 0.15) is 12.1 Å². The molecule has 3 aromatic rings. The molecule has 3 aromatic heterocycles. The number of pyridine rings is 1. The molecule has 4 rings (SSSR count). The number of H-pyrrole nitrogens is 2. The van der Waals surface area contributed by atoms with E-state index in [-0.39, 0.29) is 18.4 Å². The zero-order chi connectivity index (χ0) is 17.9. The van der Waals surface area contributed by atoms with Crippen LogP contribution in [0, 0.1) is 11.3 Å². The Morgan fingerprint density at radius 3 is 3.15 bits per heavy atom. The maximum Gasteiger partial charge on any atom is 0.236 e. The molecule has 1 aliphatic heterocycles. The summed E-state index contributed by atoms with van der Waals surface area (Å²) < 4.78 is 0. The number of imidazole rings is 1. The lowest BCUT2D eigenvalue weighted by Gasteiger charge is -2.33. The minimum atomic E-state index is -0.102. The van der Waals surface area contributed by atoms with Crippen molar-refractivity contribution in [3.63, 3.8) is 0 Å². The number of piperidine rings is 1. The second-order valence-electron chi connectivity index (χ2n) is 6.41. The highest BCUT2D eigenvalue weighted by atomic mass is 16.2. The lowest BCUT2D eigenvalue weighted by Crippen LogP contribution is -2.45. The highest BCUT2D eigenvalue weighted by molar-refractivity contribution is 5.97. The number of hydrogen-bond acceptors (Lipinski definition) is 5. The van der Waals surface area contributed by atoms with Crippen molar-refractivity contribution >= 4 is 22.6 Å². The molecule has 0 unspecified atom stereocenters. The monoisotopic (exact) mass is 349 g/mol. The van der Waals surface area contributed by atoms with Crippen LogP contribution in [0.25, 0.3) is 22.3 Å². The van der Waals surface area contributed by atoms with Gasteiger partial charge in [0, 0.05) is 42.5 Å². The van der Waals surface area contributed by atoms with Gasteiger partial charge in [-0.15, -0.1) is 0 Å². The minimum Gasteiger partial charge on any atom is -0.379 e. The molecule has 3 N–H and O–H groups in total. The zero-order valence-corrected chi connectivity index (χ0v) is 14.2. The Hall–Kier alpha value is -3.34. The number of aromatic nitrogens is 4. The number of nitrogens with one attached hydrogen (secondary N) is 3. The van der Waals surface area contributed by atoms with Crippen LogP contribution in [0.4, 0.5) is 5.69 Å². The summed E-state index contributed by atoms with van der Waals surface area (Å²) in [5.41, 5.74) is 3.61. The molecule has 0 aromatic carbocycles. The first kappa shape index (κ1) is 16.1. The molecule has 0 spiro atoms. The number of rotatable bonds is 4. The molecule has 132 valence electrons. The van der Waals surface area contributed by atoms with Crippen molar-refractivity contribution in [2.45, 2.75) is 25.3 Å². The summed E-state index contributed by atoms with van der Waals surface area (Å²) in [6, 6.07) is 4.05. The number of amides is 1. The van der Waals surface area contributed by atoms with Gasteiger partial charge in [-0.25, -0.2) is 9.97 Å². The average Bonchev–Trinajstić information content (AvgIpc) is 3.34. The number of aromatic amines is 2. The van der Waals surface area contributed by atoms with Gasteiger partial charge in [0.2, 0.25) is 5.91 Å². The van der Waals surface area contributed by atoms with Gasteiger partial charge in [0.05, 0.1) is 30.0 Å². The van der Waals surface area contributed by atoms with Crippen molar-refractivity contribution in [3.05, 3.63) is 31.0 Å². The number of nitrogens with zero attached hydrogens (tertiary/aromatic N) is 4. The Morgan fingerprint density at radius 1 is 1.42 bits per heavy atom. The number of carbonyl (C=O) groups is 1. The molecule has 26 heavy (non-hydrogen) atoms. The highest BCUT2D eigenvalue weighted by Crippen LogP contribution is 2.33. The van der Waals surface area contributed by atoms with Gasteiger partial charge in [0.25, 0.3) is 0 Å². The van der Waals surface area contributed by atoms with Crippen LogP contribution in [0.15, 0.2) is 31.0 Å². The largest absolute Gasteiger partial charge is 0.379 e. The third-order valence-electron chi connectivity index (χ3n) is 4.73. The normalized spacial score (nSPS) is 17.2. The van der Waals surface area contributed by atoms with Crippen molar-refractivity contribution in [2.24, 2.45) is 0 Å². The summed E-state index contributed by atoms with van der Waals surface area (Å²) in [4.78, 5) is 28.7. The predicted octanol–water partition coefficient (Wildman–Crippen LogP) is 2.27. The lowest BCUT2D eigenvalue weighted by molar-refractivity contribution is -0.131. The smallest absolute Gasteiger partial charge is 0.236 e. The van der Waals surface area contributed by atoms with E-state index < -0.39 is 0 Å². The molecule has 1 aliphatic rings. The number of hydrogen-bond donors (Lipinski definition) is 3. The molecular formula is C18H19N7O. The van der Waals surface area contributed by atoms with Gasteiger partial charge >= 0.3 is 0 Å². The van der Waals surface area contributed by atoms with Gasteiger partial charge in [-0.2, -0.15) is 5.26 Å². The van der Waals surface area contributed by atoms with Crippen molar-refractivity contribution < 1.29 is 4.79 Å². The Kier molecular flexibility index (Phi) is 4.27. The Morgan fingerprint density at radius 2 is 2.35 bits per heavy atom. The van der Waals surface area contributed by atoms with Gasteiger partial charge < -0.3 is 20.2 Å². The van der Waals surface area contributed by atoms with Gasteiger partial charge in [0.15, 0.2) is 0 Å². The summed E-state index contributed by atoms with van der Waals surface area (Å²) in [7, 11) is 0. The molecule has 4 heterocycles. The molecule has 1 fully saturated rings. The van der Waals surface area contributed by atoms with Crippen molar-refractivity contribution in [1.82, 2.24) is 24.8 Å². The van der Waals surface area contributed by atoms with Gasteiger partial charge in [-0.1, -0.05) is 0 Å². The first-order valence-corrected chi connectivity index (χ1v) is 8.62. The lowest BCUT2D eigenvalue weighted by atomic mass is 10.0. The summed E-state index contributed by atoms with van der Waals surface area (Å²) >= 11 is 0. The van der Waals surface area contributed by atoms with E-state index in [4.69, 9.17) is 5.26 Å². The Bertz CT molecular complexity index is 954. The third-order valence-corrected chi connectivity index (χ3v) is 4.73. The van der Waals surface area contributed by atoms with E-state index in [1.165, 1.54) is 0 Å². The van der Waals surface area contributed by atoms with Crippen molar-refractivity contribution in [1.29, 1.82) is 5.26 Å².